The lowest BCUT2D eigenvalue weighted by atomic mass is 10.1. The van der Waals surface area contributed by atoms with E-state index in [1.54, 1.807) is 15.9 Å². The molecule has 29 heavy (non-hydrogen) atoms. The van der Waals surface area contributed by atoms with Crippen LogP contribution >= 0.6 is 11.3 Å². The van der Waals surface area contributed by atoms with E-state index >= 15 is 0 Å². The van der Waals surface area contributed by atoms with Crippen molar-refractivity contribution in [3.05, 3.63) is 64.4 Å². The number of rotatable bonds is 4. The van der Waals surface area contributed by atoms with Gasteiger partial charge in [0.2, 0.25) is 0 Å². The van der Waals surface area contributed by atoms with E-state index in [9.17, 15) is 4.79 Å². The van der Waals surface area contributed by atoms with Gasteiger partial charge in [0.15, 0.2) is 0 Å². The van der Waals surface area contributed by atoms with Gasteiger partial charge in [-0.1, -0.05) is 12.1 Å². The first kappa shape index (κ1) is 19.2. The minimum Gasteiger partial charge on any atom is -0.334 e. The van der Waals surface area contributed by atoms with Crippen LogP contribution in [0, 0.1) is 20.8 Å². The number of thiophene rings is 1. The molecule has 0 fully saturated rings. The van der Waals surface area contributed by atoms with Crippen LogP contribution in [-0.2, 0) is 0 Å². The van der Waals surface area contributed by atoms with Crippen LogP contribution in [0.5, 0.6) is 0 Å². The number of carbonyl (C=O) groups is 1. The molecule has 0 N–H and O–H groups in total. The minimum atomic E-state index is -0.0779. The maximum atomic E-state index is 13.3. The van der Waals surface area contributed by atoms with Crippen molar-refractivity contribution in [3.8, 4) is 5.69 Å². The van der Waals surface area contributed by atoms with Gasteiger partial charge in [-0.2, -0.15) is 5.10 Å². The van der Waals surface area contributed by atoms with Gasteiger partial charge in [-0.15, -0.1) is 11.3 Å². The van der Waals surface area contributed by atoms with Crippen molar-refractivity contribution in [1.82, 2.24) is 29.6 Å². The zero-order chi connectivity index (χ0) is 20.7. The lowest BCUT2D eigenvalue weighted by molar-refractivity contribution is 0.0747. The standard InChI is InChI=1S/C21H22N6OS/c1-12-18-13(2)24-15(4)25-20(18)29-19(12)21(28)26(5)14(3)16-6-8-17(9-7-16)27-11-22-10-23-27/h6-11,14H,1-5H3/t14-/m1/s1. The lowest BCUT2D eigenvalue weighted by Gasteiger charge is -2.25. The summed E-state index contributed by atoms with van der Waals surface area (Å²) in [5.74, 6) is 0.722. The van der Waals surface area contributed by atoms with Gasteiger partial charge in [0.25, 0.3) is 5.91 Å². The van der Waals surface area contributed by atoms with Gasteiger partial charge in [0.1, 0.15) is 23.3 Å². The molecular weight excluding hydrogens is 384 g/mol. The Morgan fingerprint density at radius 3 is 2.52 bits per heavy atom. The molecule has 1 amide bonds. The fraction of sp³-hybridized carbons (Fsp3) is 0.286. The third-order valence-electron chi connectivity index (χ3n) is 5.24. The summed E-state index contributed by atoms with van der Waals surface area (Å²) in [7, 11) is 1.84. The van der Waals surface area contributed by atoms with Gasteiger partial charge < -0.3 is 4.90 Å². The van der Waals surface area contributed by atoms with Crippen LogP contribution in [0.25, 0.3) is 15.9 Å². The monoisotopic (exact) mass is 406 g/mol. The SMILES string of the molecule is Cc1nc(C)c2c(C)c(C(=O)N(C)[C@H](C)c3ccc(-n4cncn4)cc3)sc2n1. The third kappa shape index (κ3) is 3.40. The molecule has 0 aliphatic heterocycles. The average molecular weight is 407 g/mol. The van der Waals surface area contributed by atoms with Crippen LogP contribution in [0.4, 0.5) is 0 Å². The Morgan fingerprint density at radius 1 is 1.14 bits per heavy atom. The summed E-state index contributed by atoms with van der Waals surface area (Å²) in [6.07, 6.45) is 3.16. The molecule has 0 aliphatic rings. The zero-order valence-electron chi connectivity index (χ0n) is 17.0. The molecule has 7 nitrogen and oxygen atoms in total. The second-order valence-electron chi connectivity index (χ2n) is 7.12. The number of nitrogens with zero attached hydrogens (tertiary/aromatic N) is 6. The van der Waals surface area contributed by atoms with Gasteiger partial charge in [-0.05, 0) is 51.0 Å². The number of aryl methyl sites for hydroxylation is 3. The predicted molar refractivity (Wildman–Crippen MR) is 113 cm³/mol. The van der Waals surface area contributed by atoms with E-state index in [1.165, 1.54) is 17.7 Å². The van der Waals surface area contributed by atoms with E-state index in [4.69, 9.17) is 0 Å². The molecule has 4 aromatic rings. The highest BCUT2D eigenvalue weighted by Crippen LogP contribution is 2.33. The molecule has 0 unspecified atom stereocenters. The number of carbonyl (C=O) groups excluding carboxylic acids is 1. The van der Waals surface area contributed by atoms with Crippen molar-refractivity contribution in [2.75, 3.05) is 7.05 Å². The molecule has 1 aromatic carbocycles. The van der Waals surface area contributed by atoms with Gasteiger partial charge >= 0.3 is 0 Å². The van der Waals surface area contributed by atoms with Crippen LogP contribution in [0.2, 0.25) is 0 Å². The smallest absolute Gasteiger partial charge is 0.264 e. The fourth-order valence-corrected chi connectivity index (χ4v) is 4.74. The minimum absolute atomic E-state index is 0.00425. The quantitative estimate of drug-likeness (QED) is 0.511. The maximum absolute atomic E-state index is 13.3. The molecule has 4 rings (SSSR count). The summed E-state index contributed by atoms with van der Waals surface area (Å²) in [4.78, 5) is 29.6. The van der Waals surface area contributed by atoms with Crippen LogP contribution in [0.3, 0.4) is 0 Å². The first-order valence-corrected chi connectivity index (χ1v) is 10.1. The molecule has 0 radical (unpaired) electrons. The Bertz CT molecular complexity index is 1180. The topological polar surface area (TPSA) is 76.8 Å². The summed E-state index contributed by atoms with van der Waals surface area (Å²) in [6.45, 7) is 7.84. The van der Waals surface area contributed by atoms with Gasteiger partial charge in [0.05, 0.1) is 16.6 Å². The number of benzene rings is 1. The van der Waals surface area contributed by atoms with E-state index in [2.05, 4.69) is 20.1 Å². The molecule has 0 aliphatic carbocycles. The summed E-state index contributed by atoms with van der Waals surface area (Å²) < 4.78 is 1.70. The number of hydrogen-bond donors (Lipinski definition) is 0. The van der Waals surface area contributed by atoms with E-state index in [0.29, 0.717) is 0 Å². The fourth-order valence-electron chi connectivity index (χ4n) is 3.48. The van der Waals surface area contributed by atoms with E-state index in [-0.39, 0.29) is 11.9 Å². The van der Waals surface area contributed by atoms with Gasteiger partial charge in [-0.3, -0.25) is 4.79 Å². The summed E-state index contributed by atoms with van der Waals surface area (Å²) in [5.41, 5.74) is 3.85. The Balaban J connectivity index is 1.61. The Morgan fingerprint density at radius 2 is 1.86 bits per heavy atom. The number of hydrogen-bond acceptors (Lipinski definition) is 6. The van der Waals surface area contributed by atoms with Crippen molar-refractivity contribution in [3.63, 3.8) is 0 Å². The molecule has 1 atom stereocenters. The normalized spacial score (nSPS) is 12.3. The molecule has 148 valence electrons. The zero-order valence-corrected chi connectivity index (χ0v) is 17.9. The van der Waals surface area contributed by atoms with E-state index < -0.39 is 0 Å². The molecule has 3 heterocycles. The van der Waals surface area contributed by atoms with Gasteiger partial charge in [0, 0.05) is 18.1 Å². The second kappa shape index (κ2) is 7.36. The first-order valence-electron chi connectivity index (χ1n) is 9.33. The molecular formula is C21H22N6OS. The van der Waals surface area contributed by atoms with E-state index in [1.807, 2.05) is 59.0 Å². The maximum Gasteiger partial charge on any atom is 0.264 e. The first-order chi connectivity index (χ1) is 13.9. The third-order valence-corrected chi connectivity index (χ3v) is 6.41. The Hall–Kier alpha value is -3.13. The van der Waals surface area contributed by atoms with Crippen molar-refractivity contribution in [1.29, 1.82) is 0 Å². The van der Waals surface area contributed by atoms with Gasteiger partial charge in [-0.25, -0.2) is 19.6 Å². The predicted octanol–water partition coefficient (Wildman–Crippen LogP) is 4.03. The van der Waals surface area contributed by atoms with Crippen molar-refractivity contribution >= 4 is 27.5 Å². The summed E-state index contributed by atoms with van der Waals surface area (Å²) >= 11 is 1.44. The number of amides is 1. The molecule has 0 bridgehead atoms. The molecule has 0 spiro atoms. The van der Waals surface area contributed by atoms with Crippen molar-refractivity contribution < 1.29 is 4.79 Å². The average Bonchev–Trinajstić information content (AvgIpc) is 3.35. The largest absolute Gasteiger partial charge is 0.334 e. The highest BCUT2D eigenvalue weighted by Gasteiger charge is 2.24. The molecule has 3 aromatic heterocycles. The summed E-state index contributed by atoms with van der Waals surface area (Å²) in [6, 6.07) is 7.91. The van der Waals surface area contributed by atoms with Crippen molar-refractivity contribution in [2.45, 2.75) is 33.7 Å². The summed E-state index contributed by atoms with van der Waals surface area (Å²) in [5, 5.41) is 5.13. The Kier molecular flexibility index (Phi) is 4.87. The molecule has 8 heteroatoms. The van der Waals surface area contributed by atoms with Crippen molar-refractivity contribution in [2.24, 2.45) is 0 Å². The molecule has 0 saturated carbocycles. The van der Waals surface area contributed by atoms with E-state index in [0.717, 1.165) is 43.4 Å². The van der Waals surface area contributed by atoms with Crippen LogP contribution < -0.4 is 0 Å². The van der Waals surface area contributed by atoms with Crippen LogP contribution in [-0.4, -0.2) is 42.6 Å². The number of aromatic nitrogens is 5. The lowest BCUT2D eigenvalue weighted by Crippen LogP contribution is -2.29. The highest BCUT2D eigenvalue weighted by atomic mass is 32.1. The second-order valence-corrected chi connectivity index (χ2v) is 8.12. The number of fused-ring (bicyclic) bond motifs is 1. The highest BCUT2D eigenvalue weighted by molar-refractivity contribution is 7.20. The molecule has 0 saturated heterocycles. The Labute approximate surface area is 173 Å². The van der Waals surface area contributed by atoms with Crippen LogP contribution in [0.15, 0.2) is 36.9 Å². The van der Waals surface area contributed by atoms with Crippen LogP contribution in [0.1, 0.15) is 45.3 Å².